The lowest BCUT2D eigenvalue weighted by molar-refractivity contribution is 0.949. The molecule has 1 fully saturated rings. The number of rotatable bonds is 1. The molecular weight excluding hydrogens is 231 g/mol. The molecule has 0 aromatic heterocycles. The lowest BCUT2D eigenvalue weighted by atomic mass is 10.1. The smallest absolute Gasteiger partial charge is 0.0397 e. The number of nitrogens with two attached hydrogens (primary N) is 1. The minimum absolute atomic E-state index is 0. The fourth-order valence-corrected chi connectivity index (χ4v) is 1.99. The third-order valence-corrected chi connectivity index (χ3v) is 2.67. The Kier molecular flexibility index (Phi) is 5.84. The van der Waals surface area contributed by atoms with Crippen LogP contribution < -0.4 is 10.6 Å². The third-order valence-electron chi connectivity index (χ3n) is 2.67. The van der Waals surface area contributed by atoms with Crippen molar-refractivity contribution in [3.63, 3.8) is 0 Å². The predicted molar refractivity (Wildman–Crippen MR) is 71.5 cm³/mol. The molecule has 0 atom stereocenters. The zero-order valence-corrected chi connectivity index (χ0v) is 10.5. The number of halogens is 2. The summed E-state index contributed by atoms with van der Waals surface area (Å²) in [5.41, 5.74) is 9.22. The first-order chi connectivity index (χ1) is 6.27. The van der Waals surface area contributed by atoms with Crippen molar-refractivity contribution in [1.82, 2.24) is 0 Å². The average Bonchev–Trinajstić information content (AvgIpc) is 2.56. The van der Waals surface area contributed by atoms with Crippen molar-refractivity contribution in [3.8, 4) is 0 Å². The van der Waals surface area contributed by atoms with Gasteiger partial charge in [0, 0.05) is 24.5 Å². The Hall–Kier alpha value is -0.600. The topological polar surface area (TPSA) is 29.3 Å². The van der Waals surface area contributed by atoms with Crippen LogP contribution in [0.1, 0.15) is 18.4 Å². The first kappa shape index (κ1) is 14.4. The van der Waals surface area contributed by atoms with Gasteiger partial charge in [0.05, 0.1) is 0 Å². The highest BCUT2D eigenvalue weighted by molar-refractivity contribution is 5.85. The second-order valence-corrected chi connectivity index (χ2v) is 3.74. The molecule has 0 radical (unpaired) electrons. The number of nitrogens with zero attached hydrogens (tertiary/aromatic N) is 1. The largest absolute Gasteiger partial charge is 0.399 e. The van der Waals surface area contributed by atoms with Gasteiger partial charge in [-0.25, -0.2) is 0 Å². The van der Waals surface area contributed by atoms with E-state index in [-0.39, 0.29) is 24.8 Å². The van der Waals surface area contributed by atoms with Gasteiger partial charge in [-0.1, -0.05) is 0 Å². The fourth-order valence-electron chi connectivity index (χ4n) is 1.99. The van der Waals surface area contributed by atoms with Gasteiger partial charge in [-0.3, -0.25) is 0 Å². The van der Waals surface area contributed by atoms with Crippen LogP contribution in [0.15, 0.2) is 18.2 Å². The van der Waals surface area contributed by atoms with Crippen molar-refractivity contribution in [2.45, 2.75) is 19.8 Å². The molecule has 0 aliphatic carbocycles. The summed E-state index contributed by atoms with van der Waals surface area (Å²) in [5, 5.41) is 0. The van der Waals surface area contributed by atoms with Gasteiger partial charge in [0.15, 0.2) is 0 Å². The Bertz CT molecular complexity index is 309. The number of nitrogen functional groups attached to an aromatic ring is 1. The van der Waals surface area contributed by atoms with E-state index in [9.17, 15) is 0 Å². The molecule has 15 heavy (non-hydrogen) atoms. The van der Waals surface area contributed by atoms with E-state index in [1.807, 2.05) is 12.1 Å². The van der Waals surface area contributed by atoms with Crippen LogP contribution in [-0.2, 0) is 0 Å². The monoisotopic (exact) mass is 248 g/mol. The Morgan fingerprint density at radius 1 is 1.13 bits per heavy atom. The maximum atomic E-state index is 5.71. The highest BCUT2D eigenvalue weighted by Crippen LogP contribution is 2.25. The van der Waals surface area contributed by atoms with E-state index in [2.05, 4.69) is 17.9 Å². The minimum atomic E-state index is 0. The molecule has 0 spiro atoms. The summed E-state index contributed by atoms with van der Waals surface area (Å²) in [6, 6.07) is 6.17. The van der Waals surface area contributed by atoms with Gasteiger partial charge in [-0.15, -0.1) is 24.8 Å². The molecule has 0 unspecified atom stereocenters. The van der Waals surface area contributed by atoms with E-state index in [1.165, 1.54) is 37.2 Å². The molecule has 0 amide bonds. The van der Waals surface area contributed by atoms with Crippen LogP contribution in [0.2, 0.25) is 0 Å². The molecule has 1 aromatic rings. The molecule has 2 rings (SSSR count). The van der Waals surface area contributed by atoms with Crippen LogP contribution in [0.5, 0.6) is 0 Å². The van der Waals surface area contributed by atoms with Crippen molar-refractivity contribution >= 4 is 36.2 Å². The Morgan fingerprint density at radius 3 is 2.27 bits per heavy atom. The van der Waals surface area contributed by atoms with Crippen LogP contribution in [0, 0.1) is 6.92 Å². The molecule has 0 bridgehead atoms. The van der Waals surface area contributed by atoms with Gasteiger partial charge in [-0.2, -0.15) is 0 Å². The molecule has 86 valence electrons. The summed E-state index contributed by atoms with van der Waals surface area (Å²) in [4.78, 5) is 2.44. The van der Waals surface area contributed by atoms with Crippen molar-refractivity contribution in [2.24, 2.45) is 0 Å². The zero-order chi connectivity index (χ0) is 9.26. The molecule has 0 saturated carbocycles. The van der Waals surface area contributed by atoms with Crippen LogP contribution >= 0.6 is 24.8 Å². The second-order valence-electron chi connectivity index (χ2n) is 3.74. The van der Waals surface area contributed by atoms with Crippen molar-refractivity contribution < 1.29 is 0 Å². The molecular formula is C11H18Cl2N2. The predicted octanol–water partition coefficient (Wildman–Crippen LogP) is 3.02. The van der Waals surface area contributed by atoms with Crippen LogP contribution in [0.4, 0.5) is 11.4 Å². The fraction of sp³-hybridized carbons (Fsp3) is 0.455. The van der Waals surface area contributed by atoms with Gasteiger partial charge in [0.1, 0.15) is 0 Å². The lowest BCUT2D eigenvalue weighted by Gasteiger charge is -2.20. The van der Waals surface area contributed by atoms with Crippen LogP contribution in [-0.4, -0.2) is 13.1 Å². The minimum Gasteiger partial charge on any atom is -0.399 e. The van der Waals surface area contributed by atoms with E-state index < -0.39 is 0 Å². The Labute approximate surface area is 104 Å². The second kappa shape index (κ2) is 6.09. The number of anilines is 2. The molecule has 1 aliphatic rings. The van der Waals surface area contributed by atoms with Crippen molar-refractivity contribution in [2.75, 3.05) is 23.7 Å². The first-order valence-electron chi connectivity index (χ1n) is 4.88. The van der Waals surface area contributed by atoms with Crippen molar-refractivity contribution in [3.05, 3.63) is 23.8 Å². The summed E-state index contributed by atoms with van der Waals surface area (Å²) < 4.78 is 0. The third kappa shape index (κ3) is 3.18. The number of aryl methyl sites for hydroxylation is 1. The van der Waals surface area contributed by atoms with E-state index in [0.29, 0.717) is 0 Å². The van der Waals surface area contributed by atoms with Crippen LogP contribution in [0.25, 0.3) is 0 Å². The lowest BCUT2D eigenvalue weighted by Crippen LogP contribution is -2.18. The van der Waals surface area contributed by atoms with Gasteiger partial charge in [-0.05, 0) is 43.5 Å². The molecule has 2 nitrogen and oxygen atoms in total. The maximum absolute atomic E-state index is 5.71. The van der Waals surface area contributed by atoms with Gasteiger partial charge < -0.3 is 10.6 Å². The van der Waals surface area contributed by atoms with Gasteiger partial charge in [0.2, 0.25) is 0 Å². The van der Waals surface area contributed by atoms with E-state index in [1.54, 1.807) is 0 Å². The van der Waals surface area contributed by atoms with Crippen LogP contribution in [0.3, 0.4) is 0 Å². The highest BCUT2D eigenvalue weighted by atomic mass is 35.5. The summed E-state index contributed by atoms with van der Waals surface area (Å²) in [7, 11) is 0. The zero-order valence-electron chi connectivity index (χ0n) is 8.90. The number of hydrogen-bond donors (Lipinski definition) is 1. The van der Waals surface area contributed by atoms with E-state index in [4.69, 9.17) is 5.73 Å². The van der Waals surface area contributed by atoms with E-state index >= 15 is 0 Å². The molecule has 2 N–H and O–H groups in total. The molecule has 1 aromatic carbocycles. The standard InChI is InChI=1S/C11H16N2.2ClH/c1-9-8-10(12)4-5-11(9)13-6-2-3-7-13;;/h4-5,8H,2-3,6-7,12H2,1H3;2*1H. The molecule has 1 heterocycles. The van der Waals surface area contributed by atoms with Gasteiger partial charge >= 0.3 is 0 Å². The average molecular weight is 249 g/mol. The van der Waals surface area contributed by atoms with Crippen molar-refractivity contribution in [1.29, 1.82) is 0 Å². The van der Waals surface area contributed by atoms with Gasteiger partial charge in [0.25, 0.3) is 0 Å². The molecule has 1 saturated heterocycles. The highest BCUT2D eigenvalue weighted by Gasteiger charge is 2.13. The summed E-state index contributed by atoms with van der Waals surface area (Å²) >= 11 is 0. The van der Waals surface area contributed by atoms with E-state index in [0.717, 1.165) is 5.69 Å². The number of benzene rings is 1. The quantitative estimate of drug-likeness (QED) is 0.775. The Morgan fingerprint density at radius 2 is 1.73 bits per heavy atom. The SMILES string of the molecule is Cc1cc(N)ccc1N1CCCC1.Cl.Cl. The maximum Gasteiger partial charge on any atom is 0.0397 e. The first-order valence-corrected chi connectivity index (χ1v) is 4.88. The number of hydrogen-bond acceptors (Lipinski definition) is 2. The summed E-state index contributed by atoms with van der Waals surface area (Å²) in [6.45, 7) is 4.53. The summed E-state index contributed by atoms with van der Waals surface area (Å²) in [5.74, 6) is 0. The Balaban J connectivity index is 0.000000980. The molecule has 1 aliphatic heterocycles. The normalized spacial score (nSPS) is 14.3. The molecule has 4 heteroatoms. The summed E-state index contributed by atoms with van der Waals surface area (Å²) in [6.07, 6.45) is 2.65.